The van der Waals surface area contributed by atoms with Crippen LogP contribution in [0.15, 0.2) is 28.5 Å². The van der Waals surface area contributed by atoms with Gasteiger partial charge >= 0.3 is 5.97 Å². The Balaban J connectivity index is 2.17. The van der Waals surface area contributed by atoms with Gasteiger partial charge in [0.1, 0.15) is 0 Å². The number of aryl methyl sites for hydroxylation is 1. The van der Waals surface area contributed by atoms with E-state index in [0.29, 0.717) is 10.2 Å². The van der Waals surface area contributed by atoms with Crippen molar-refractivity contribution >= 4 is 40.2 Å². The van der Waals surface area contributed by atoms with E-state index in [1.807, 2.05) is 40.8 Å². The number of anilines is 1. The minimum Gasteiger partial charge on any atom is -0.479 e. The highest BCUT2D eigenvalue weighted by Gasteiger charge is 2.53. The van der Waals surface area contributed by atoms with Crippen molar-refractivity contribution in [3.05, 3.63) is 39.6 Å². The standard InChI is InChI=1S/C15H15IN2O3/c1-9(16)17-15(14(20)21)8-11-5-2-4-10-6-3-7-18(12(10)11)13(15)19/h2,4-5,17H,1,3,6-8H2,(H,20,21). The van der Waals surface area contributed by atoms with E-state index in [9.17, 15) is 14.7 Å². The zero-order chi connectivity index (χ0) is 15.2. The van der Waals surface area contributed by atoms with Crippen molar-refractivity contribution in [2.75, 3.05) is 11.4 Å². The van der Waals surface area contributed by atoms with Gasteiger partial charge in [-0.1, -0.05) is 24.8 Å². The minimum absolute atomic E-state index is 0.142. The van der Waals surface area contributed by atoms with Crippen LogP contribution in [0.4, 0.5) is 5.69 Å². The summed E-state index contributed by atoms with van der Waals surface area (Å²) in [6, 6.07) is 5.84. The lowest BCUT2D eigenvalue weighted by atomic mass is 9.81. The monoisotopic (exact) mass is 398 g/mol. The first-order chi connectivity index (χ1) is 9.95. The second-order valence-corrected chi connectivity index (χ2v) is 6.70. The second-order valence-electron chi connectivity index (χ2n) is 5.40. The molecule has 21 heavy (non-hydrogen) atoms. The maximum absolute atomic E-state index is 12.8. The number of carbonyl (C=O) groups is 2. The third kappa shape index (κ3) is 2.12. The number of nitrogens with zero attached hydrogens (tertiary/aromatic N) is 1. The molecule has 0 saturated heterocycles. The number of carboxylic acid groups (broad SMARTS) is 1. The summed E-state index contributed by atoms with van der Waals surface area (Å²) in [7, 11) is 0. The largest absolute Gasteiger partial charge is 0.479 e. The summed E-state index contributed by atoms with van der Waals surface area (Å²) in [5.41, 5.74) is 1.28. The van der Waals surface area contributed by atoms with E-state index in [1.165, 1.54) is 0 Å². The molecule has 0 aromatic heterocycles. The van der Waals surface area contributed by atoms with Crippen molar-refractivity contribution < 1.29 is 14.7 Å². The fraction of sp³-hybridized carbons (Fsp3) is 0.333. The number of benzene rings is 1. The highest BCUT2D eigenvalue weighted by Crippen LogP contribution is 2.39. The van der Waals surface area contributed by atoms with Crippen LogP contribution in [-0.2, 0) is 22.4 Å². The Hall–Kier alpha value is -1.57. The summed E-state index contributed by atoms with van der Waals surface area (Å²) in [6.45, 7) is 4.25. The van der Waals surface area contributed by atoms with Crippen molar-refractivity contribution in [2.45, 2.75) is 24.8 Å². The number of amides is 1. The van der Waals surface area contributed by atoms with Crippen LogP contribution >= 0.6 is 22.6 Å². The number of carboxylic acids is 1. The fourth-order valence-electron chi connectivity index (χ4n) is 3.22. The summed E-state index contributed by atoms with van der Waals surface area (Å²) in [5, 5.41) is 12.5. The van der Waals surface area contributed by atoms with E-state index in [1.54, 1.807) is 4.90 Å². The Kier molecular flexibility index (Phi) is 3.43. The van der Waals surface area contributed by atoms with Gasteiger partial charge < -0.3 is 15.3 Å². The van der Waals surface area contributed by atoms with Crippen LogP contribution in [0.3, 0.4) is 0 Å². The molecule has 1 unspecified atom stereocenters. The molecule has 0 spiro atoms. The molecular weight excluding hydrogens is 383 g/mol. The molecular formula is C15H15IN2O3. The van der Waals surface area contributed by atoms with Gasteiger partial charge in [-0.3, -0.25) is 4.79 Å². The van der Waals surface area contributed by atoms with Gasteiger partial charge in [-0.25, -0.2) is 4.79 Å². The molecule has 1 aromatic carbocycles. The normalized spacial score (nSPS) is 23.5. The number of hydrogen-bond acceptors (Lipinski definition) is 3. The Morgan fingerprint density at radius 1 is 1.43 bits per heavy atom. The average Bonchev–Trinajstić information content (AvgIpc) is 2.43. The first kappa shape index (κ1) is 14.4. The van der Waals surface area contributed by atoms with Crippen LogP contribution in [-0.4, -0.2) is 29.1 Å². The lowest BCUT2D eigenvalue weighted by Crippen LogP contribution is -2.66. The smallest absolute Gasteiger partial charge is 0.339 e. The molecule has 1 atom stereocenters. The van der Waals surface area contributed by atoms with Gasteiger partial charge in [0.25, 0.3) is 5.91 Å². The molecule has 1 amide bonds. The topological polar surface area (TPSA) is 69.6 Å². The molecule has 5 nitrogen and oxygen atoms in total. The molecule has 0 saturated carbocycles. The highest BCUT2D eigenvalue weighted by molar-refractivity contribution is 14.1. The van der Waals surface area contributed by atoms with Crippen molar-refractivity contribution in [3.8, 4) is 0 Å². The predicted molar refractivity (Wildman–Crippen MR) is 87.5 cm³/mol. The Bertz CT molecular complexity index is 658. The maximum Gasteiger partial charge on any atom is 0.339 e. The molecule has 0 fully saturated rings. The highest BCUT2D eigenvalue weighted by atomic mass is 127. The maximum atomic E-state index is 12.8. The van der Waals surface area contributed by atoms with E-state index in [0.717, 1.165) is 29.7 Å². The fourth-order valence-corrected chi connectivity index (χ4v) is 3.68. The number of carbonyl (C=O) groups excluding carboxylic acids is 1. The van der Waals surface area contributed by atoms with Crippen molar-refractivity contribution in [2.24, 2.45) is 0 Å². The molecule has 110 valence electrons. The van der Waals surface area contributed by atoms with Crippen LogP contribution in [0.25, 0.3) is 0 Å². The summed E-state index contributed by atoms with van der Waals surface area (Å²) in [6.07, 6.45) is 1.92. The van der Waals surface area contributed by atoms with Crippen LogP contribution < -0.4 is 10.2 Å². The number of para-hydroxylation sites is 1. The van der Waals surface area contributed by atoms with Gasteiger partial charge in [0, 0.05) is 13.0 Å². The third-order valence-corrected chi connectivity index (χ3v) is 4.35. The molecule has 6 heteroatoms. The van der Waals surface area contributed by atoms with Crippen molar-refractivity contribution in [1.82, 2.24) is 5.32 Å². The number of aliphatic carboxylic acids is 1. The van der Waals surface area contributed by atoms with Crippen molar-refractivity contribution in [1.29, 1.82) is 0 Å². The molecule has 2 aliphatic heterocycles. The van der Waals surface area contributed by atoms with E-state index in [-0.39, 0.29) is 6.42 Å². The molecule has 0 radical (unpaired) electrons. The zero-order valence-electron chi connectivity index (χ0n) is 11.4. The lowest BCUT2D eigenvalue weighted by Gasteiger charge is -2.43. The van der Waals surface area contributed by atoms with Crippen LogP contribution in [0.1, 0.15) is 17.5 Å². The zero-order valence-corrected chi connectivity index (χ0v) is 13.5. The van der Waals surface area contributed by atoms with Gasteiger partial charge in [-0.15, -0.1) is 0 Å². The molecule has 2 aliphatic rings. The molecule has 1 aromatic rings. The Morgan fingerprint density at radius 3 is 2.81 bits per heavy atom. The van der Waals surface area contributed by atoms with Gasteiger partial charge in [0.05, 0.1) is 9.39 Å². The van der Waals surface area contributed by atoms with E-state index in [2.05, 4.69) is 11.9 Å². The summed E-state index contributed by atoms with van der Waals surface area (Å²) < 4.78 is 0.444. The number of hydrogen-bond donors (Lipinski definition) is 2. The van der Waals surface area contributed by atoms with Gasteiger partial charge in [0.15, 0.2) is 0 Å². The first-order valence-corrected chi connectivity index (χ1v) is 7.82. The Labute approximate surface area is 136 Å². The second kappa shape index (κ2) is 5.01. The summed E-state index contributed by atoms with van der Waals surface area (Å²) in [5.74, 6) is -1.56. The molecule has 3 rings (SSSR count). The van der Waals surface area contributed by atoms with Gasteiger partial charge in [-0.05, 0) is 46.6 Å². The third-order valence-electron chi connectivity index (χ3n) is 4.08. The summed E-state index contributed by atoms with van der Waals surface area (Å²) in [4.78, 5) is 26.3. The number of nitrogens with one attached hydrogen (secondary N) is 1. The van der Waals surface area contributed by atoms with Crippen LogP contribution in [0.5, 0.6) is 0 Å². The minimum atomic E-state index is -1.65. The summed E-state index contributed by atoms with van der Waals surface area (Å²) >= 11 is 1.90. The molecule has 0 aliphatic carbocycles. The van der Waals surface area contributed by atoms with Gasteiger partial charge in [0.2, 0.25) is 5.54 Å². The van der Waals surface area contributed by atoms with Crippen LogP contribution in [0.2, 0.25) is 0 Å². The van der Waals surface area contributed by atoms with E-state index < -0.39 is 17.4 Å². The van der Waals surface area contributed by atoms with Crippen molar-refractivity contribution in [3.63, 3.8) is 0 Å². The average molecular weight is 398 g/mol. The van der Waals surface area contributed by atoms with Crippen LogP contribution in [0, 0.1) is 0 Å². The van der Waals surface area contributed by atoms with Gasteiger partial charge in [-0.2, -0.15) is 0 Å². The number of halogens is 1. The predicted octanol–water partition coefficient (Wildman–Crippen LogP) is 1.84. The molecule has 2 heterocycles. The quantitative estimate of drug-likeness (QED) is 0.463. The SMILES string of the molecule is C=C(I)NC1(C(=O)O)Cc2cccc3c2N(CCC3)C1=O. The van der Waals surface area contributed by atoms with E-state index >= 15 is 0 Å². The first-order valence-electron chi connectivity index (χ1n) is 6.74. The van der Waals surface area contributed by atoms with E-state index in [4.69, 9.17) is 0 Å². The number of rotatable bonds is 3. The Morgan fingerprint density at radius 2 is 2.14 bits per heavy atom. The molecule has 0 bridgehead atoms. The molecule has 2 N–H and O–H groups in total. The lowest BCUT2D eigenvalue weighted by molar-refractivity contribution is -0.149.